The van der Waals surface area contributed by atoms with Gasteiger partial charge >= 0.3 is 0 Å². The first-order valence-corrected chi connectivity index (χ1v) is 3.97. The second-order valence-electron chi connectivity index (χ2n) is 2.88. The lowest BCUT2D eigenvalue weighted by Gasteiger charge is -2.24. The van der Waals surface area contributed by atoms with Crippen LogP contribution in [0, 0.1) is 5.92 Å². The van der Waals surface area contributed by atoms with Crippen molar-refractivity contribution in [1.82, 2.24) is 11.5 Å². The lowest BCUT2D eigenvalue weighted by Crippen LogP contribution is -2.50. The molecule has 0 bridgehead atoms. The molecule has 0 radical (unpaired) electrons. The summed E-state index contributed by atoms with van der Waals surface area (Å²) in [5, 5.41) is 12.8. The molecule has 2 atom stereocenters. The highest BCUT2D eigenvalue weighted by Crippen LogP contribution is 2.06. The molecule has 13 heavy (non-hydrogen) atoms. The quantitative estimate of drug-likeness (QED) is 0.633. The van der Waals surface area contributed by atoms with Crippen molar-refractivity contribution in [2.75, 3.05) is 0 Å². The monoisotopic (exact) mass is 190 g/mol. The van der Waals surface area contributed by atoms with E-state index in [0.29, 0.717) is 6.42 Å². The van der Waals surface area contributed by atoms with Crippen molar-refractivity contribution in [3.05, 3.63) is 0 Å². The van der Waals surface area contributed by atoms with Crippen LogP contribution in [-0.4, -0.2) is 17.9 Å². The number of carbonyl (C=O) groups excluding carboxylic acids is 2. The molecule has 0 aliphatic heterocycles. The molecule has 0 aromatic carbocycles. The van der Waals surface area contributed by atoms with Crippen LogP contribution in [0.2, 0.25) is 0 Å². The summed E-state index contributed by atoms with van der Waals surface area (Å²) in [6.45, 7) is 4.91. The first kappa shape index (κ1) is 14.4. The van der Waals surface area contributed by atoms with Crippen LogP contribution in [-0.2, 0) is 9.59 Å². The van der Waals surface area contributed by atoms with E-state index in [-0.39, 0.29) is 18.0 Å². The molecular formula is C8H18N2O3. The third-order valence-corrected chi connectivity index (χ3v) is 1.83. The lowest BCUT2D eigenvalue weighted by molar-refractivity contribution is -0.309. The van der Waals surface area contributed by atoms with E-state index in [4.69, 9.17) is 0 Å². The second-order valence-corrected chi connectivity index (χ2v) is 2.88. The molecule has 0 saturated heterocycles. The summed E-state index contributed by atoms with van der Waals surface area (Å²) in [5.74, 6) is -1.66. The van der Waals surface area contributed by atoms with E-state index in [9.17, 15) is 14.7 Å². The van der Waals surface area contributed by atoms with Gasteiger partial charge < -0.3 is 21.4 Å². The molecule has 0 aromatic rings. The summed E-state index contributed by atoms with van der Waals surface area (Å²) in [7, 11) is 0. The standard InChI is InChI=1S/C8H15NO3.H3N/c1-4-5(2)7(8(11)12)9-6(3)10;/h5,7H,4H2,1-3H3,(H,9,10)(H,11,12);1H3/t5-,7-;/m1./s1. The maximum Gasteiger partial charge on any atom is 0.217 e. The summed E-state index contributed by atoms with van der Waals surface area (Å²) in [6.07, 6.45) is 0.693. The van der Waals surface area contributed by atoms with Crippen LogP contribution in [0.15, 0.2) is 0 Å². The Morgan fingerprint density at radius 1 is 1.46 bits per heavy atom. The maximum absolute atomic E-state index is 10.6. The Labute approximate surface area is 78.1 Å². The van der Waals surface area contributed by atoms with Gasteiger partial charge in [-0.15, -0.1) is 0 Å². The largest absolute Gasteiger partial charge is 0.548 e. The van der Waals surface area contributed by atoms with Crippen LogP contribution in [0.3, 0.4) is 0 Å². The normalized spacial score (nSPS) is 13.8. The van der Waals surface area contributed by atoms with Gasteiger partial charge in [-0.3, -0.25) is 4.79 Å². The lowest BCUT2D eigenvalue weighted by atomic mass is 9.99. The Bertz CT molecular complexity index is 182. The van der Waals surface area contributed by atoms with Gasteiger partial charge in [0.1, 0.15) is 0 Å². The number of carboxylic acids is 1. The van der Waals surface area contributed by atoms with Crippen molar-refractivity contribution in [3.63, 3.8) is 0 Å². The SMILES string of the molecule is CC[C@@H](C)[C@@H](NC(C)=O)C(=O)[O-].[NH4+]. The molecule has 0 unspecified atom stereocenters. The Kier molecular flexibility index (Phi) is 7.12. The number of nitrogens with one attached hydrogen (secondary N) is 1. The van der Waals surface area contributed by atoms with E-state index in [1.165, 1.54) is 6.92 Å². The van der Waals surface area contributed by atoms with E-state index in [2.05, 4.69) is 5.32 Å². The molecule has 5 nitrogen and oxygen atoms in total. The third kappa shape index (κ3) is 5.19. The Morgan fingerprint density at radius 2 is 1.92 bits per heavy atom. The number of hydrogen-bond acceptors (Lipinski definition) is 3. The molecule has 0 fully saturated rings. The highest BCUT2D eigenvalue weighted by molar-refractivity contribution is 5.81. The minimum absolute atomic E-state index is 0. The zero-order chi connectivity index (χ0) is 9.72. The summed E-state index contributed by atoms with van der Waals surface area (Å²) in [6, 6.07) is -0.868. The first-order chi connectivity index (χ1) is 5.49. The van der Waals surface area contributed by atoms with Gasteiger partial charge in [0.25, 0.3) is 0 Å². The van der Waals surface area contributed by atoms with Gasteiger partial charge in [-0.25, -0.2) is 0 Å². The van der Waals surface area contributed by atoms with Gasteiger partial charge in [0.2, 0.25) is 5.91 Å². The minimum atomic E-state index is -1.22. The van der Waals surface area contributed by atoms with Gasteiger partial charge in [-0.2, -0.15) is 0 Å². The Balaban J connectivity index is 0. The number of rotatable bonds is 4. The predicted octanol–water partition coefficient (Wildman–Crippen LogP) is -0.337. The number of quaternary nitrogens is 1. The van der Waals surface area contributed by atoms with Crippen LogP contribution >= 0.6 is 0 Å². The molecular weight excluding hydrogens is 172 g/mol. The van der Waals surface area contributed by atoms with Crippen LogP contribution in [0.25, 0.3) is 0 Å². The van der Waals surface area contributed by atoms with Crippen LogP contribution in [0.5, 0.6) is 0 Å². The molecule has 0 spiro atoms. The predicted molar refractivity (Wildman–Crippen MR) is 48.1 cm³/mol. The summed E-state index contributed by atoms with van der Waals surface area (Å²) < 4.78 is 0. The Hall–Kier alpha value is -1.10. The smallest absolute Gasteiger partial charge is 0.217 e. The van der Waals surface area contributed by atoms with Crippen molar-refractivity contribution in [2.45, 2.75) is 33.2 Å². The fourth-order valence-electron chi connectivity index (χ4n) is 0.888. The average Bonchev–Trinajstić information content (AvgIpc) is 1.98. The van der Waals surface area contributed by atoms with E-state index in [0.717, 1.165) is 0 Å². The fraction of sp³-hybridized carbons (Fsp3) is 0.750. The summed E-state index contributed by atoms with van der Waals surface area (Å²) >= 11 is 0. The van der Waals surface area contributed by atoms with Crippen molar-refractivity contribution >= 4 is 11.9 Å². The number of hydrogen-bond donors (Lipinski definition) is 2. The molecule has 5 heteroatoms. The van der Waals surface area contributed by atoms with Crippen molar-refractivity contribution in [1.29, 1.82) is 0 Å². The Morgan fingerprint density at radius 3 is 2.15 bits per heavy atom. The van der Waals surface area contributed by atoms with Gasteiger partial charge in [-0.05, 0) is 5.92 Å². The van der Waals surface area contributed by atoms with Gasteiger partial charge in [0.15, 0.2) is 0 Å². The fourth-order valence-corrected chi connectivity index (χ4v) is 0.888. The van der Waals surface area contributed by atoms with E-state index < -0.39 is 12.0 Å². The van der Waals surface area contributed by atoms with Crippen LogP contribution in [0.4, 0.5) is 0 Å². The highest BCUT2D eigenvalue weighted by atomic mass is 16.4. The second kappa shape index (κ2) is 6.42. The third-order valence-electron chi connectivity index (χ3n) is 1.83. The highest BCUT2D eigenvalue weighted by Gasteiger charge is 2.17. The van der Waals surface area contributed by atoms with Gasteiger partial charge in [0, 0.05) is 6.92 Å². The molecule has 0 aliphatic carbocycles. The first-order valence-electron chi connectivity index (χ1n) is 3.97. The maximum atomic E-state index is 10.6. The van der Waals surface area contributed by atoms with Crippen molar-refractivity contribution < 1.29 is 14.7 Å². The van der Waals surface area contributed by atoms with Crippen LogP contribution < -0.4 is 16.6 Å². The molecule has 5 N–H and O–H groups in total. The molecule has 1 amide bonds. The molecule has 0 rings (SSSR count). The number of carbonyl (C=O) groups is 2. The molecule has 0 aliphatic rings. The van der Waals surface area contributed by atoms with E-state index in [1.807, 2.05) is 6.92 Å². The zero-order valence-corrected chi connectivity index (χ0v) is 8.59. The average molecular weight is 190 g/mol. The zero-order valence-electron chi connectivity index (χ0n) is 8.59. The number of carboxylic acid groups (broad SMARTS) is 1. The van der Waals surface area contributed by atoms with E-state index >= 15 is 0 Å². The summed E-state index contributed by atoms with van der Waals surface area (Å²) in [5.41, 5.74) is 0. The minimum Gasteiger partial charge on any atom is -0.548 e. The molecule has 78 valence electrons. The molecule has 0 saturated carbocycles. The molecule has 0 aromatic heterocycles. The van der Waals surface area contributed by atoms with E-state index in [1.54, 1.807) is 6.92 Å². The number of aliphatic carboxylic acids is 1. The summed E-state index contributed by atoms with van der Waals surface area (Å²) in [4.78, 5) is 21.1. The van der Waals surface area contributed by atoms with Gasteiger partial charge in [-0.1, -0.05) is 20.3 Å². The topological polar surface area (TPSA) is 106 Å². The van der Waals surface area contributed by atoms with Crippen molar-refractivity contribution in [2.24, 2.45) is 5.92 Å². The number of amides is 1. The van der Waals surface area contributed by atoms with Gasteiger partial charge in [0.05, 0.1) is 12.0 Å². The van der Waals surface area contributed by atoms with Crippen molar-refractivity contribution in [3.8, 4) is 0 Å². The molecule has 0 heterocycles. The van der Waals surface area contributed by atoms with Crippen LogP contribution in [0.1, 0.15) is 27.2 Å².